The number of aryl methyl sites for hydroxylation is 3. The van der Waals surface area contributed by atoms with Crippen molar-refractivity contribution < 1.29 is 0 Å². The van der Waals surface area contributed by atoms with E-state index in [0.29, 0.717) is 5.95 Å². The van der Waals surface area contributed by atoms with Gasteiger partial charge in [-0.2, -0.15) is 4.98 Å². The van der Waals surface area contributed by atoms with Crippen LogP contribution in [0, 0.1) is 13.8 Å². The van der Waals surface area contributed by atoms with E-state index in [2.05, 4.69) is 76.9 Å². The lowest BCUT2D eigenvalue weighted by Gasteiger charge is -2.12. The van der Waals surface area contributed by atoms with Crippen molar-refractivity contribution in [2.24, 2.45) is 0 Å². The molecule has 0 unspecified atom stereocenters. The second kappa shape index (κ2) is 8.29. The zero-order valence-corrected chi connectivity index (χ0v) is 14.8. The number of hydrogen-bond acceptors (Lipinski definition) is 4. The predicted molar refractivity (Wildman–Crippen MR) is 104 cm³/mol. The van der Waals surface area contributed by atoms with Gasteiger partial charge in [0, 0.05) is 18.4 Å². The average Bonchev–Trinajstić information content (AvgIpc) is 2.63. The van der Waals surface area contributed by atoms with E-state index in [1.54, 1.807) is 6.20 Å². The van der Waals surface area contributed by atoms with E-state index in [9.17, 15) is 0 Å². The SMILES string of the molecule is Cc1cccc(C)c1Nc1ccnc(NCCCc2ccccc2)n1. The Kier molecular flexibility index (Phi) is 5.62. The summed E-state index contributed by atoms with van der Waals surface area (Å²) in [5, 5.41) is 6.71. The molecule has 0 bridgehead atoms. The molecule has 128 valence electrons. The molecule has 0 atom stereocenters. The molecule has 0 aliphatic rings. The monoisotopic (exact) mass is 332 g/mol. The van der Waals surface area contributed by atoms with Gasteiger partial charge in [0.05, 0.1) is 0 Å². The Bertz CT molecular complexity index is 795. The van der Waals surface area contributed by atoms with Gasteiger partial charge in [-0.1, -0.05) is 48.5 Å². The van der Waals surface area contributed by atoms with Gasteiger partial charge in [0.15, 0.2) is 0 Å². The topological polar surface area (TPSA) is 49.8 Å². The second-order valence-electron chi connectivity index (χ2n) is 6.17. The number of hydrogen-bond donors (Lipinski definition) is 2. The van der Waals surface area contributed by atoms with Gasteiger partial charge >= 0.3 is 0 Å². The molecule has 0 fully saturated rings. The Morgan fingerprint density at radius 2 is 1.64 bits per heavy atom. The molecule has 4 nitrogen and oxygen atoms in total. The predicted octanol–water partition coefficient (Wildman–Crippen LogP) is 4.88. The summed E-state index contributed by atoms with van der Waals surface area (Å²) < 4.78 is 0. The van der Waals surface area contributed by atoms with E-state index in [1.165, 1.54) is 16.7 Å². The number of benzene rings is 2. The van der Waals surface area contributed by atoms with Crippen LogP contribution in [-0.2, 0) is 6.42 Å². The number of para-hydroxylation sites is 1. The number of nitrogens with one attached hydrogen (secondary N) is 2. The van der Waals surface area contributed by atoms with E-state index >= 15 is 0 Å². The third kappa shape index (κ3) is 4.80. The van der Waals surface area contributed by atoms with Crippen LogP contribution in [0.5, 0.6) is 0 Å². The number of nitrogens with zero attached hydrogens (tertiary/aromatic N) is 2. The lowest BCUT2D eigenvalue weighted by molar-refractivity contribution is 0.853. The molecule has 0 radical (unpaired) electrons. The number of anilines is 3. The van der Waals surface area contributed by atoms with Gasteiger partial charge < -0.3 is 10.6 Å². The molecule has 25 heavy (non-hydrogen) atoms. The highest BCUT2D eigenvalue weighted by atomic mass is 15.1. The van der Waals surface area contributed by atoms with Crippen molar-refractivity contribution in [2.45, 2.75) is 26.7 Å². The van der Waals surface area contributed by atoms with Crippen LogP contribution < -0.4 is 10.6 Å². The van der Waals surface area contributed by atoms with E-state index < -0.39 is 0 Å². The molecule has 1 aromatic heterocycles. The number of aromatic nitrogens is 2. The Morgan fingerprint density at radius 3 is 2.40 bits per heavy atom. The Labute approximate surface area is 149 Å². The third-order valence-corrected chi connectivity index (χ3v) is 4.16. The molecule has 1 heterocycles. The molecule has 0 amide bonds. The van der Waals surface area contributed by atoms with Crippen molar-refractivity contribution in [3.05, 3.63) is 77.5 Å². The van der Waals surface area contributed by atoms with Gasteiger partial charge in [-0.25, -0.2) is 4.98 Å². The van der Waals surface area contributed by atoms with Crippen molar-refractivity contribution in [3.63, 3.8) is 0 Å². The fourth-order valence-electron chi connectivity index (χ4n) is 2.79. The highest BCUT2D eigenvalue weighted by molar-refractivity contribution is 5.64. The maximum Gasteiger partial charge on any atom is 0.224 e. The van der Waals surface area contributed by atoms with Crippen LogP contribution in [0.25, 0.3) is 0 Å². The molecule has 2 aromatic carbocycles. The molecule has 3 aromatic rings. The maximum absolute atomic E-state index is 4.56. The standard InChI is InChI=1S/C21H24N4/c1-16-8-6-9-17(2)20(16)24-19-13-15-23-21(25-19)22-14-7-12-18-10-4-3-5-11-18/h3-6,8-11,13,15H,7,12,14H2,1-2H3,(H2,22,23,24,25). The molecular weight excluding hydrogens is 308 g/mol. The largest absolute Gasteiger partial charge is 0.354 e. The Balaban J connectivity index is 1.56. The van der Waals surface area contributed by atoms with Crippen LogP contribution in [0.15, 0.2) is 60.8 Å². The zero-order valence-electron chi connectivity index (χ0n) is 14.8. The second-order valence-corrected chi connectivity index (χ2v) is 6.17. The van der Waals surface area contributed by atoms with Gasteiger partial charge in [-0.05, 0) is 49.4 Å². The summed E-state index contributed by atoms with van der Waals surface area (Å²) in [6.07, 6.45) is 3.87. The van der Waals surface area contributed by atoms with Crippen molar-refractivity contribution in [3.8, 4) is 0 Å². The fraction of sp³-hybridized carbons (Fsp3) is 0.238. The minimum atomic E-state index is 0.657. The number of rotatable bonds is 7. The van der Waals surface area contributed by atoms with E-state index in [1.807, 2.05) is 12.1 Å². The van der Waals surface area contributed by atoms with Crippen LogP contribution in [0.1, 0.15) is 23.1 Å². The van der Waals surface area contributed by atoms with Gasteiger partial charge in [0.2, 0.25) is 5.95 Å². The molecule has 4 heteroatoms. The first kappa shape index (κ1) is 17.0. The summed E-state index contributed by atoms with van der Waals surface area (Å²) in [5.74, 6) is 1.46. The maximum atomic E-state index is 4.56. The van der Waals surface area contributed by atoms with Crippen molar-refractivity contribution >= 4 is 17.5 Å². The summed E-state index contributed by atoms with van der Waals surface area (Å²) in [6.45, 7) is 5.04. The third-order valence-electron chi connectivity index (χ3n) is 4.16. The summed E-state index contributed by atoms with van der Waals surface area (Å²) in [6, 6.07) is 18.7. The quantitative estimate of drug-likeness (QED) is 0.605. The highest BCUT2D eigenvalue weighted by Crippen LogP contribution is 2.23. The average molecular weight is 332 g/mol. The molecule has 0 spiro atoms. The van der Waals surface area contributed by atoms with Crippen LogP contribution in [0.2, 0.25) is 0 Å². The molecule has 2 N–H and O–H groups in total. The summed E-state index contributed by atoms with van der Waals surface area (Å²) >= 11 is 0. The van der Waals surface area contributed by atoms with Crippen LogP contribution in [0.4, 0.5) is 17.5 Å². The minimum Gasteiger partial charge on any atom is -0.354 e. The molecule has 0 aliphatic carbocycles. The lowest BCUT2D eigenvalue weighted by atomic mass is 10.1. The van der Waals surface area contributed by atoms with Gasteiger partial charge in [0.1, 0.15) is 5.82 Å². The lowest BCUT2D eigenvalue weighted by Crippen LogP contribution is -2.07. The van der Waals surface area contributed by atoms with Crippen molar-refractivity contribution in [1.29, 1.82) is 0 Å². The van der Waals surface area contributed by atoms with E-state index in [4.69, 9.17) is 0 Å². The Hall–Kier alpha value is -2.88. The van der Waals surface area contributed by atoms with Crippen LogP contribution in [-0.4, -0.2) is 16.5 Å². The molecular formula is C21H24N4. The van der Waals surface area contributed by atoms with E-state index in [0.717, 1.165) is 30.9 Å². The first-order chi connectivity index (χ1) is 12.2. The summed E-state index contributed by atoms with van der Waals surface area (Å²) in [4.78, 5) is 8.87. The highest BCUT2D eigenvalue weighted by Gasteiger charge is 2.04. The minimum absolute atomic E-state index is 0.657. The zero-order chi connectivity index (χ0) is 17.5. The van der Waals surface area contributed by atoms with Crippen molar-refractivity contribution in [1.82, 2.24) is 9.97 Å². The first-order valence-electron chi connectivity index (χ1n) is 8.66. The van der Waals surface area contributed by atoms with Crippen LogP contribution >= 0.6 is 0 Å². The molecule has 0 saturated heterocycles. The molecule has 0 aliphatic heterocycles. The summed E-state index contributed by atoms with van der Waals surface area (Å²) in [5.41, 5.74) is 4.87. The normalized spacial score (nSPS) is 10.5. The fourth-order valence-corrected chi connectivity index (χ4v) is 2.79. The van der Waals surface area contributed by atoms with Gasteiger partial charge in [0.25, 0.3) is 0 Å². The Morgan fingerprint density at radius 1 is 0.880 bits per heavy atom. The van der Waals surface area contributed by atoms with Crippen molar-refractivity contribution in [2.75, 3.05) is 17.2 Å². The molecule has 3 rings (SSSR count). The van der Waals surface area contributed by atoms with Gasteiger partial charge in [-0.15, -0.1) is 0 Å². The smallest absolute Gasteiger partial charge is 0.224 e. The van der Waals surface area contributed by atoms with Gasteiger partial charge in [-0.3, -0.25) is 0 Å². The summed E-state index contributed by atoms with van der Waals surface area (Å²) in [7, 11) is 0. The van der Waals surface area contributed by atoms with Crippen LogP contribution in [0.3, 0.4) is 0 Å². The molecule has 0 saturated carbocycles. The van der Waals surface area contributed by atoms with E-state index in [-0.39, 0.29) is 0 Å². The first-order valence-corrected chi connectivity index (χ1v) is 8.66.